The van der Waals surface area contributed by atoms with Gasteiger partial charge in [-0.3, -0.25) is 4.90 Å². The first-order valence-corrected chi connectivity index (χ1v) is 16.3. The number of hydrogen-bond acceptors (Lipinski definition) is 6. The lowest BCUT2D eigenvalue weighted by Crippen LogP contribution is -2.64. The Hall–Kier alpha value is -4.27. The van der Waals surface area contributed by atoms with E-state index in [1.165, 1.54) is 0 Å². The lowest BCUT2D eigenvalue weighted by atomic mass is 9.87. The first-order chi connectivity index (χ1) is 23.1. The summed E-state index contributed by atoms with van der Waals surface area (Å²) in [6.07, 6.45) is 0.796. The van der Waals surface area contributed by atoms with Gasteiger partial charge in [0.05, 0.1) is 44.7 Å². The Bertz CT molecular complexity index is 1470. The van der Waals surface area contributed by atoms with E-state index in [2.05, 4.69) is 6.58 Å². The van der Waals surface area contributed by atoms with Gasteiger partial charge in [0.15, 0.2) is 0 Å². The second-order valence-electron chi connectivity index (χ2n) is 11.9. The molecule has 7 nitrogen and oxygen atoms in total. The van der Waals surface area contributed by atoms with Crippen LogP contribution in [0.1, 0.15) is 41.5 Å². The predicted octanol–water partition coefficient (Wildman–Crippen LogP) is 7.48. The highest BCUT2D eigenvalue weighted by molar-refractivity contribution is 5.69. The maximum atomic E-state index is 14.1. The molecule has 1 saturated heterocycles. The Labute approximate surface area is 278 Å². The van der Waals surface area contributed by atoms with E-state index in [4.69, 9.17) is 18.9 Å². The molecule has 5 atom stereocenters. The van der Waals surface area contributed by atoms with Crippen molar-refractivity contribution in [1.29, 1.82) is 0 Å². The molecule has 0 unspecified atom stereocenters. The molecule has 7 heteroatoms. The van der Waals surface area contributed by atoms with E-state index in [9.17, 15) is 9.90 Å². The van der Waals surface area contributed by atoms with Crippen molar-refractivity contribution in [3.63, 3.8) is 0 Å². The Kier molecular flexibility index (Phi) is 13.2. The number of piperidine rings is 1. The van der Waals surface area contributed by atoms with Crippen LogP contribution in [0.15, 0.2) is 134 Å². The zero-order valence-corrected chi connectivity index (χ0v) is 26.8. The van der Waals surface area contributed by atoms with E-state index in [1.54, 1.807) is 11.0 Å². The number of ether oxygens (including phenoxy) is 4. The van der Waals surface area contributed by atoms with Crippen LogP contribution in [0.25, 0.3) is 0 Å². The molecule has 246 valence electrons. The van der Waals surface area contributed by atoms with Gasteiger partial charge in [-0.15, -0.1) is 6.58 Å². The van der Waals surface area contributed by atoms with Gasteiger partial charge in [-0.25, -0.2) is 4.79 Å². The van der Waals surface area contributed by atoms with Crippen molar-refractivity contribution in [2.24, 2.45) is 0 Å². The second kappa shape index (κ2) is 18.2. The van der Waals surface area contributed by atoms with Gasteiger partial charge in [-0.2, -0.15) is 0 Å². The Morgan fingerprint density at radius 2 is 1.23 bits per heavy atom. The third-order valence-corrected chi connectivity index (χ3v) is 8.39. The zero-order valence-electron chi connectivity index (χ0n) is 26.8. The number of rotatable bonds is 16. The summed E-state index contributed by atoms with van der Waals surface area (Å²) in [6.45, 7) is 5.21. The van der Waals surface area contributed by atoms with Gasteiger partial charge < -0.3 is 24.1 Å². The molecule has 0 aromatic heterocycles. The minimum Gasteiger partial charge on any atom is -0.445 e. The summed E-state index contributed by atoms with van der Waals surface area (Å²) in [4.78, 5) is 15.9. The predicted molar refractivity (Wildman–Crippen MR) is 182 cm³/mol. The first kappa shape index (κ1) is 34.1. The van der Waals surface area contributed by atoms with Crippen LogP contribution >= 0.6 is 0 Å². The number of aliphatic hydroxyl groups is 1. The van der Waals surface area contributed by atoms with Crippen molar-refractivity contribution in [3.8, 4) is 0 Å². The van der Waals surface area contributed by atoms with E-state index in [0.29, 0.717) is 39.1 Å². The highest BCUT2D eigenvalue weighted by atomic mass is 16.6. The van der Waals surface area contributed by atoms with E-state index < -0.39 is 30.4 Å². The molecular formula is C40H45NO6. The molecule has 47 heavy (non-hydrogen) atoms. The van der Waals surface area contributed by atoms with Crippen LogP contribution in [-0.4, -0.2) is 53.1 Å². The zero-order chi connectivity index (χ0) is 32.7. The third-order valence-electron chi connectivity index (χ3n) is 8.39. The summed E-state index contributed by atoms with van der Waals surface area (Å²) in [6, 6.07) is 38.6. The largest absolute Gasteiger partial charge is 0.445 e. The fourth-order valence-electron chi connectivity index (χ4n) is 6.06. The molecule has 4 aromatic carbocycles. The van der Waals surface area contributed by atoms with Crippen LogP contribution < -0.4 is 0 Å². The minimum atomic E-state index is -0.690. The van der Waals surface area contributed by atoms with Crippen LogP contribution in [0, 0.1) is 0 Å². The topological polar surface area (TPSA) is 77.5 Å². The van der Waals surface area contributed by atoms with Gasteiger partial charge >= 0.3 is 6.09 Å². The number of benzene rings is 4. The number of nitrogens with zero attached hydrogens (tertiary/aromatic N) is 1. The molecule has 0 saturated carbocycles. The first-order valence-electron chi connectivity index (χ1n) is 16.3. The van der Waals surface area contributed by atoms with E-state index >= 15 is 0 Å². The molecule has 1 heterocycles. The molecule has 0 spiro atoms. The summed E-state index contributed by atoms with van der Waals surface area (Å²) in [5, 5.41) is 11.0. The average molecular weight is 636 g/mol. The van der Waals surface area contributed by atoms with Crippen molar-refractivity contribution in [1.82, 2.24) is 4.90 Å². The van der Waals surface area contributed by atoms with Gasteiger partial charge in [0, 0.05) is 6.04 Å². The smallest absolute Gasteiger partial charge is 0.410 e. The molecule has 1 amide bonds. The third kappa shape index (κ3) is 10.4. The molecule has 4 aromatic rings. The molecule has 1 aliphatic rings. The molecule has 0 radical (unpaired) electrons. The molecule has 1 fully saturated rings. The molecule has 0 bridgehead atoms. The number of likely N-dealkylation sites (tertiary alicyclic amines) is 1. The lowest BCUT2D eigenvalue weighted by molar-refractivity contribution is -0.168. The number of carbonyl (C=O) groups excluding carboxylic acids is 1. The Morgan fingerprint density at radius 3 is 1.77 bits per heavy atom. The van der Waals surface area contributed by atoms with Crippen molar-refractivity contribution in [2.75, 3.05) is 6.61 Å². The van der Waals surface area contributed by atoms with E-state index in [-0.39, 0.29) is 19.3 Å². The number of carbonyl (C=O) groups is 1. The van der Waals surface area contributed by atoms with Crippen molar-refractivity contribution in [3.05, 3.63) is 156 Å². The summed E-state index contributed by atoms with van der Waals surface area (Å²) < 4.78 is 25.6. The van der Waals surface area contributed by atoms with Crippen LogP contribution in [0.3, 0.4) is 0 Å². The van der Waals surface area contributed by atoms with Gasteiger partial charge in [0.2, 0.25) is 0 Å². The van der Waals surface area contributed by atoms with Gasteiger partial charge in [0.25, 0.3) is 0 Å². The summed E-state index contributed by atoms with van der Waals surface area (Å²) in [7, 11) is 0. The molecular weight excluding hydrogens is 590 g/mol. The summed E-state index contributed by atoms with van der Waals surface area (Å²) in [5.41, 5.74) is 3.97. The maximum absolute atomic E-state index is 14.1. The van der Waals surface area contributed by atoms with Gasteiger partial charge in [0.1, 0.15) is 12.7 Å². The van der Waals surface area contributed by atoms with Crippen LogP contribution in [-0.2, 0) is 45.4 Å². The Balaban J connectivity index is 1.46. The normalized spacial score (nSPS) is 20.0. The molecule has 0 aliphatic carbocycles. The number of hydrogen-bond donors (Lipinski definition) is 1. The molecule has 1 N–H and O–H groups in total. The van der Waals surface area contributed by atoms with E-state index in [0.717, 1.165) is 22.3 Å². The number of aliphatic hydroxyl groups excluding tert-OH is 1. The Morgan fingerprint density at radius 1 is 0.745 bits per heavy atom. The van der Waals surface area contributed by atoms with Crippen molar-refractivity contribution >= 4 is 6.09 Å². The van der Waals surface area contributed by atoms with Crippen LogP contribution in [0.2, 0.25) is 0 Å². The molecule has 1 aliphatic heterocycles. The SMILES string of the molecule is C=CC[C@@H](O)C[C@@H]1C[C@@H](OCc2ccccc2)[C@H](OCc2ccccc2)[C@H](COCc2ccccc2)N1C(=O)OCc1ccccc1. The fraction of sp³-hybridized carbons (Fsp3) is 0.325. The maximum Gasteiger partial charge on any atom is 0.410 e. The van der Waals surface area contributed by atoms with Gasteiger partial charge in [-0.05, 0) is 41.5 Å². The van der Waals surface area contributed by atoms with Crippen molar-refractivity contribution in [2.45, 2.75) is 76.1 Å². The summed E-state index contributed by atoms with van der Waals surface area (Å²) in [5.74, 6) is 0. The highest BCUT2D eigenvalue weighted by Crippen LogP contribution is 2.33. The standard InChI is InChI=1S/C40H45NO6/c1-2-15-36(42)24-35-25-38(45-27-32-18-9-4-10-19-32)39(46-28-33-20-11-5-12-21-33)37(30-44-26-31-16-7-3-8-17-31)41(35)40(43)47-29-34-22-13-6-14-23-34/h2-14,16-23,35-39,42H,1,15,24-30H2/t35-,36-,37+,38-,39-/m1/s1. The van der Waals surface area contributed by atoms with Crippen LogP contribution in [0.5, 0.6) is 0 Å². The van der Waals surface area contributed by atoms with E-state index in [1.807, 2.05) is 121 Å². The molecule has 5 rings (SSSR count). The second-order valence-corrected chi connectivity index (χ2v) is 11.9. The van der Waals surface area contributed by atoms with Crippen LogP contribution in [0.4, 0.5) is 4.79 Å². The van der Waals surface area contributed by atoms with Crippen molar-refractivity contribution < 1.29 is 28.8 Å². The summed E-state index contributed by atoms with van der Waals surface area (Å²) >= 11 is 0. The minimum absolute atomic E-state index is 0.124. The monoisotopic (exact) mass is 635 g/mol. The fourth-order valence-corrected chi connectivity index (χ4v) is 6.06. The lowest BCUT2D eigenvalue weighted by Gasteiger charge is -2.49. The van der Waals surface area contributed by atoms with Gasteiger partial charge in [-0.1, -0.05) is 127 Å². The highest BCUT2D eigenvalue weighted by Gasteiger charge is 2.48. The average Bonchev–Trinajstić information content (AvgIpc) is 3.11. The number of amides is 1. The quantitative estimate of drug-likeness (QED) is 0.129.